The quantitative estimate of drug-likeness (QED) is 0.841. The van der Waals surface area contributed by atoms with E-state index >= 15 is 0 Å². The molecule has 1 aromatic carbocycles. The van der Waals surface area contributed by atoms with Crippen LogP contribution in [0.4, 0.5) is 5.69 Å². The molecule has 0 aliphatic carbocycles. The Labute approximate surface area is 106 Å². The number of benzene rings is 1. The van der Waals surface area contributed by atoms with Crippen LogP contribution in [-0.2, 0) is 6.42 Å². The minimum Gasteiger partial charge on any atom is -0.504 e. The van der Waals surface area contributed by atoms with E-state index in [4.69, 9.17) is 0 Å². The molecule has 4 heteroatoms. The number of unbranched alkanes of at least 4 members (excludes halogenated alkanes) is 1. The van der Waals surface area contributed by atoms with Gasteiger partial charge in [-0.3, -0.25) is 0 Å². The van der Waals surface area contributed by atoms with Crippen LogP contribution in [0.3, 0.4) is 0 Å². The SMILES string of the molecule is Br.CCCCN1CCc2cc(O)c(O)cc21. The molecule has 1 heterocycles. The summed E-state index contributed by atoms with van der Waals surface area (Å²) in [5.74, 6) is -0.0248. The second-order valence-electron chi connectivity index (χ2n) is 4.06. The number of hydrogen-bond donors (Lipinski definition) is 2. The van der Waals surface area contributed by atoms with Crippen molar-refractivity contribution in [3.8, 4) is 11.5 Å². The third kappa shape index (κ3) is 2.43. The van der Waals surface area contributed by atoms with E-state index in [9.17, 15) is 10.2 Å². The van der Waals surface area contributed by atoms with E-state index in [1.807, 2.05) is 0 Å². The van der Waals surface area contributed by atoms with E-state index in [1.54, 1.807) is 12.1 Å². The molecule has 1 aliphatic rings. The van der Waals surface area contributed by atoms with Crippen molar-refractivity contribution >= 4 is 22.7 Å². The molecule has 0 spiro atoms. The lowest BCUT2D eigenvalue weighted by molar-refractivity contribution is 0.403. The number of rotatable bonds is 3. The zero-order chi connectivity index (χ0) is 10.8. The molecule has 0 aromatic heterocycles. The van der Waals surface area contributed by atoms with Crippen molar-refractivity contribution in [1.29, 1.82) is 0 Å². The summed E-state index contributed by atoms with van der Waals surface area (Å²) in [5, 5.41) is 18.8. The predicted octanol–water partition coefficient (Wildman–Crippen LogP) is 2.84. The van der Waals surface area contributed by atoms with Gasteiger partial charge in [0.25, 0.3) is 0 Å². The fourth-order valence-corrected chi connectivity index (χ4v) is 2.06. The number of anilines is 1. The van der Waals surface area contributed by atoms with Crippen molar-refractivity contribution in [2.24, 2.45) is 0 Å². The van der Waals surface area contributed by atoms with Gasteiger partial charge in [0.1, 0.15) is 0 Å². The van der Waals surface area contributed by atoms with Crippen LogP contribution in [0.1, 0.15) is 25.3 Å². The maximum absolute atomic E-state index is 9.45. The first-order valence-electron chi connectivity index (χ1n) is 5.52. The minimum absolute atomic E-state index is 0. The highest BCUT2D eigenvalue weighted by atomic mass is 79.9. The summed E-state index contributed by atoms with van der Waals surface area (Å²) in [4.78, 5) is 2.28. The summed E-state index contributed by atoms with van der Waals surface area (Å²) in [6, 6.07) is 3.35. The van der Waals surface area contributed by atoms with E-state index < -0.39 is 0 Å². The Kier molecular flexibility index (Phi) is 4.47. The Morgan fingerprint density at radius 2 is 1.94 bits per heavy atom. The Bertz CT molecular complexity index is 368. The highest BCUT2D eigenvalue weighted by Gasteiger charge is 2.20. The summed E-state index contributed by atoms with van der Waals surface area (Å²) in [5.41, 5.74) is 2.22. The molecule has 1 aromatic rings. The molecule has 1 aliphatic heterocycles. The summed E-state index contributed by atoms with van der Waals surface area (Å²) in [6.45, 7) is 4.21. The molecule has 0 unspecified atom stereocenters. The lowest BCUT2D eigenvalue weighted by Crippen LogP contribution is -2.21. The van der Waals surface area contributed by atoms with Crippen LogP contribution in [0.5, 0.6) is 11.5 Å². The molecule has 0 fully saturated rings. The largest absolute Gasteiger partial charge is 0.504 e. The Morgan fingerprint density at radius 1 is 1.25 bits per heavy atom. The highest BCUT2D eigenvalue weighted by Crippen LogP contribution is 2.37. The fourth-order valence-electron chi connectivity index (χ4n) is 2.06. The molecule has 90 valence electrons. The van der Waals surface area contributed by atoms with Gasteiger partial charge in [0.05, 0.1) is 0 Å². The van der Waals surface area contributed by atoms with Crippen molar-refractivity contribution in [3.05, 3.63) is 17.7 Å². The number of hydrogen-bond acceptors (Lipinski definition) is 3. The van der Waals surface area contributed by atoms with Crippen molar-refractivity contribution in [2.75, 3.05) is 18.0 Å². The van der Waals surface area contributed by atoms with Gasteiger partial charge in [0.15, 0.2) is 11.5 Å². The van der Waals surface area contributed by atoms with Crippen LogP contribution in [0.2, 0.25) is 0 Å². The zero-order valence-corrected chi connectivity index (χ0v) is 11.2. The number of fused-ring (bicyclic) bond motifs is 1. The molecule has 0 atom stereocenters. The number of aromatic hydroxyl groups is 2. The van der Waals surface area contributed by atoms with E-state index in [-0.39, 0.29) is 28.5 Å². The monoisotopic (exact) mass is 287 g/mol. The van der Waals surface area contributed by atoms with Gasteiger partial charge >= 0.3 is 0 Å². The Hall–Kier alpha value is -0.900. The zero-order valence-electron chi connectivity index (χ0n) is 9.44. The van der Waals surface area contributed by atoms with Gasteiger partial charge in [-0.25, -0.2) is 0 Å². The molecule has 2 N–H and O–H groups in total. The first-order valence-corrected chi connectivity index (χ1v) is 5.52. The summed E-state index contributed by atoms with van der Waals surface area (Å²) in [6.07, 6.45) is 3.31. The molecule has 3 nitrogen and oxygen atoms in total. The molecule has 16 heavy (non-hydrogen) atoms. The van der Waals surface area contributed by atoms with Gasteiger partial charge < -0.3 is 15.1 Å². The third-order valence-corrected chi connectivity index (χ3v) is 2.95. The maximum atomic E-state index is 9.45. The smallest absolute Gasteiger partial charge is 0.159 e. The van der Waals surface area contributed by atoms with Gasteiger partial charge in [-0.05, 0) is 24.5 Å². The first-order chi connectivity index (χ1) is 7.22. The van der Waals surface area contributed by atoms with Gasteiger partial charge in [0, 0.05) is 24.8 Å². The highest BCUT2D eigenvalue weighted by molar-refractivity contribution is 8.93. The van der Waals surface area contributed by atoms with Gasteiger partial charge in [-0.2, -0.15) is 0 Å². The topological polar surface area (TPSA) is 43.7 Å². The number of phenolic OH excluding ortho intramolecular Hbond substituents is 2. The molecular weight excluding hydrogens is 270 g/mol. The van der Waals surface area contributed by atoms with Crippen LogP contribution < -0.4 is 4.90 Å². The lowest BCUT2D eigenvalue weighted by atomic mass is 10.1. The maximum Gasteiger partial charge on any atom is 0.159 e. The molecule has 0 amide bonds. The van der Waals surface area contributed by atoms with Crippen molar-refractivity contribution < 1.29 is 10.2 Å². The molecule has 0 saturated heterocycles. The van der Waals surface area contributed by atoms with E-state index in [0.29, 0.717) is 0 Å². The lowest BCUT2D eigenvalue weighted by Gasteiger charge is -2.19. The van der Waals surface area contributed by atoms with Crippen molar-refractivity contribution in [1.82, 2.24) is 0 Å². The van der Waals surface area contributed by atoms with Gasteiger partial charge in [-0.1, -0.05) is 13.3 Å². The van der Waals surface area contributed by atoms with E-state index in [2.05, 4.69) is 11.8 Å². The fraction of sp³-hybridized carbons (Fsp3) is 0.500. The molecule has 0 saturated carbocycles. The number of nitrogens with zero attached hydrogens (tertiary/aromatic N) is 1. The number of halogens is 1. The summed E-state index contributed by atoms with van der Waals surface area (Å²) < 4.78 is 0. The second kappa shape index (κ2) is 5.43. The molecule has 2 rings (SSSR count). The van der Waals surface area contributed by atoms with Crippen LogP contribution in [-0.4, -0.2) is 23.3 Å². The van der Waals surface area contributed by atoms with Crippen LogP contribution in [0.25, 0.3) is 0 Å². The van der Waals surface area contributed by atoms with Gasteiger partial charge in [-0.15, -0.1) is 17.0 Å². The molecular formula is C12H18BrNO2. The normalized spacial score (nSPS) is 13.4. The summed E-state index contributed by atoms with van der Waals surface area (Å²) >= 11 is 0. The van der Waals surface area contributed by atoms with E-state index in [1.165, 1.54) is 12.8 Å². The Balaban J connectivity index is 0.00000128. The average Bonchev–Trinajstić information content (AvgIpc) is 2.59. The molecule has 0 bridgehead atoms. The van der Waals surface area contributed by atoms with Crippen LogP contribution in [0, 0.1) is 0 Å². The first kappa shape index (κ1) is 13.2. The Morgan fingerprint density at radius 3 is 2.62 bits per heavy atom. The standard InChI is InChI=1S/C12H17NO2.BrH/c1-2-3-5-13-6-4-9-7-11(14)12(15)8-10(9)13;/h7-8,14-15H,2-6H2,1H3;1H. The molecule has 0 radical (unpaired) electrons. The van der Waals surface area contributed by atoms with E-state index in [0.717, 1.165) is 30.8 Å². The third-order valence-electron chi connectivity index (χ3n) is 2.95. The number of phenols is 2. The van der Waals surface area contributed by atoms with Crippen molar-refractivity contribution in [2.45, 2.75) is 26.2 Å². The predicted molar refractivity (Wildman–Crippen MR) is 70.9 cm³/mol. The van der Waals surface area contributed by atoms with Gasteiger partial charge in [0.2, 0.25) is 0 Å². The van der Waals surface area contributed by atoms with Crippen molar-refractivity contribution in [3.63, 3.8) is 0 Å². The minimum atomic E-state index is -0.0165. The van der Waals surface area contributed by atoms with Crippen LogP contribution >= 0.6 is 17.0 Å². The summed E-state index contributed by atoms with van der Waals surface area (Å²) in [7, 11) is 0. The second-order valence-corrected chi connectivity index (χ2v) is 4.06. The van der Waals surface area contributed by atoms with Crippen LogP contribution in [0.15, 0.2) is 12.1 Å². The average molecular weight is 288 g/mol.